The number of nitro groups is 1. The molecule has 2 N–H and O–H groups in total. The van der Waals surface area contributed by atoms with Gasteiger partial charge in [-0.15, -0.1) is 0 Å². The zero-order chi connectivity index (χ0) is 22.9. The molecule has 0 bridgehead atoms. The van der Waals surface area contributed by atoms with Crippen LogP contribution in [0.3, 0.4) is 0 Å². The molecule has 0 spiro atoms. The highest BCUT2D eigenvalue weighted by atomic mass is 35.5. The highest BCUT2D eigenvalue weighted by molar-refractivity contribution is 6.55. The Kier molecular flexibility index (Phi) is 7.08. The Morgan fingerprint density at radius 2 is 1.65 bits per heavy atom. The molecule has 2 aromatic carbocycles. The van der Waals surface area contributed by atoms with Crippen molar-refractivity contribution in [3.8, 4) is 11.5 Å². The molecular weight excluding hydrogens is 517 g/mol. The van der Waals surface area contributed by atoms with Gasteiger partial charge in [0.15, 0.2) is 11.5 Å². The maximum atomic E-state index is 12.4. The van der Waals surface area contributed by atoms with Crippen LogP contribution in [0.25, 0.3) is 0 Å². The monoisotopic (exact) mass is 524 g/mol. The van der Waals surface area contributed by atoms with Crippen molar-refractivity contribution in [3.05, 3.63) is 77.1 Å². The summed E-state index contributed by atoms with van der Waals surface area (Å²) in [4.78, 5) is 22.5. The Hall–Kier alpha value is -2.36. The van der Waals surface area contributed by atoms with Crippen LogP contribution >= 0.6 is 58.0 Å². The summed E-state index contributed by atoms with van der Waals surface area (Å²) in [6, 6.07) is 5.98. The molecule has 0 aliphatic rings. The van der Waals surface area contributed by atoms with Crippen LogP contribution in [0.1, 0.15) is 16.3 Å². The lowest BCUT2D eigenvalue weighted by molar-refractivity contribution is -0.384. The van der Waals surface area contributed by atoms with Crippen LogP contribution in [0.5, 0.6) is 11.5 Å². The maximum Gasteiger partial charge on any atom is 0.291 e. The molecule has 1 aromatic heterocycles. The van der Waals surface area contributed by atoms with Gasteiger partial charge in [0.05, 0.1) is 25.7 Å². The van der Waals surface area contributed by atoms with E-state index < -0.39 is 10.8 Å². The van der Waals surface area contributed by atoms with Gasteiger partial charge in [-0.25, -0.2) is 0 Å². The predicted molar refractivity (Wildman–Crippen MR) is 117 cm³/mol. The number of carbonyl (C=O) groups excluding carboxylic acids is 1. The van der Waals surface area contributed by atoms with E-state index in [1.165, 1.54) is 12.1 Å². The predicted octanol–water partition coefficient (Wildman–Crippen LogP) is 6.99. The Bertz CT molecular complexity index is 1170. The Balaban J connectivity index is 1.74. The van der Waals surface area contributed by atoms with Crippen molar-refractivity contribution in [1.29, 1.82) is 0 Å². The van der Waals surface area contributed by atoms with Gasteiger partial charge >= 0.3 is 0 Å². The first-order chi connectivity index (χ1) is 14.6. The number of halogens is 5. The summed E-state index contributed by atoms with van der Waals surface area (Å²) in [6.45, 7) is -0.191. The van der Waals surface area contributed by atoms with E-state index in [4.69, 9.17) is 67.2 Å². The molecule has 0 saturated carbocycles. The van der Waals surface area contributed by atoms with Gasteiger partial charge in [-0.2, -0.15) is 0 Å². The van der Waals surface area contributed by atoms with Crippen LogP contribution in [0.2, 0.25) is 25.1 Å². The van der Waals surface area contributed by atoms with Gasteiger partial charge < -0.3 is 19.6 Å². The molecule has 8 nitrogen and oxygen atoms in total. The number of hydrogen-bond donors (Lipinski definition) is 2. The molecule has 0 aliphatic heterocycles. The summed E-state index contributed by atoms with van der Waals surface area (Å²) in [6.07, 6.45) is 0. The minimum atomic E-state index is -0.754. The lowest BCUT2D eigenvalue weighted by Crippen LogP contribution is -2.11. The summed E-state index contributed by atoms with van der Waals surface area (Å²) in [5.74, 6) is -1.06. The largest absolute Gasteiger partial charge is 0.506 e. The summed E-state index contributed by atoms with van der Waals surface area (Å²) in [5.41, 5.74) is -0.465. The van der Waals surface area contributed by atoms with E-state index in [9.17, 15) is 20.0 Å². The number of aromatic hydroxyl groups is 1. The summed E-state index contributed by atoms with van der Waals surface area (Å²) < 4.78 is 10.9. The second-order valence-corrected chi connectivity index (χ2v) is 7.76. The van der Waals surface area contributed by atoms with E-state index in [1.807, 2.05) is 0 Å². The number of nitro benzene ring substituents is 1. The van der Waals surface area contributed by atoms with Gasteiger partial charge in [0.25, 0.3) is 11.6 Å². The van der Waals surface area contributed by atoms with Gasteiger partial charge in [0.2, 0.25) is 0 Å². The van der Waals surface area contributed by atoms with Crippen LogP contribution in [-0.4, -0.2) is 15.9 Å². The van der Waals surface area contributed by atoms with Crippen LogP contribution in [0.15, 0.2) is 34.7 Å². The number of furan rings is 1. The van der Waals surface area contributed by atoms with E-state index in [0.717, 1.165) is 18.2 Å². The highest BCUT2D eigenvalue weighted by Crippen LogP contribution is 2.48. The molecule has 0 aliphatic carbocycles. The van der Waals surface area contributed by atoms with Crippen molar-refractivity contribution in [2.45, 2.75) is 6.61 Å². The first-order valence-electron chi connectivity index (χ1n) is 8.11. The molecule has 0 atom stereocenters. The smallest absolute Gasteiger partial charge is 0.291 e. The van der Waals surface area contributed by atoms with E-state index in [2.05, 4.69) is 5.32 Å². The van der Waals surface area contributed by atoms with Gasteiger partial charge in [0, 0.05) is 12.1 Å². The van der Waals surface area contributed by atoms with Crippen molar-refractivity contribution in [3.63, 3.8) is 0 Å². The number of phenols is 1. The fourth-order valence-corrected chi connectivity index (χ4v) is 3.58. The first kappa shape index (κ1) is 23.3. The van der Waals surface area contributed by atoms with E-state index >= 15 is 0 Å². The maximum absolute atomic E-state index is 12.4. The van der Waals surface area contributed by atoms with E-state index in [0.29, 0.717) is 0 Å². The number of rotatable bonds is 6. The van der Waals surface area contributed by atoms with Crippen LogP contribution in [0, 0.1) is 10.1 Å². The standard InChI is InChI=1S/C18H9Cl5N2O6/c19-12-13(20)15(22)17(16(23)14(12)21)30-6-8-2-4-11(31-8)18(27)24-9-5-7(25(28)29)1-3-10(9)26/h1-5,26H,6H2,(H,24,27). The number of phenolic OH excluding ortho intramolecular Hbond substituents is 1. The second kappa shape index (κ2) is 9.42. The average molecular weight is 527 g/mol. The molecule has 1 heterocycles. The topological polar surface area (TPSA) is 115 Å². The molecule has 3 aromatic rings. The molecule has 13 heteroatoms. The number of benzene rings is 2. The summed E-state index contributed by atoms with van der Waals surface area (Å²) >= 11 is 30.1. The summed E-state index contributed by atoms with van der Waals surface area (Å²) in [7, 11) is 0. The van der Waals surface area contributed by atoms with Crippen LogP contribution in [0.4, 0.5) is 11.4 Å². The summed E-state index contributed by atoms with van der Waals surface area (Å²) in [5, 5.41) is 22.8. The molecule has 31 heavy (non-hydrogen) atoms. The average Bonchev–Trinajstić information content (AvgIpc) is 3.21. The fraction of sp³-hybridized carbons (Fsp3) is 0.0556. The van der Waals surface area contributed by atoms with Crippen molar-refractivity contribution in [2.75, 3.05) is 5.32 Å². The number of anilines is 1. The Morgan fingerprint density at radius 3 is 2.26 bits per heavy atom. The molecule has 0 radical (unpaired) electrons. The van der Waals surface area contributed by atoms with Crippen molar-refractivity contribution in [2.24, 2.45) is 0 Å². The minimum absolute atomic E-state index is 0.0213. The van der Waals surface area contributed by atoms with Crippen LogP contribution in [-0.2, 0) is 6.61 Å². The minimum Gasteiger partial charge on any atom is -0.506 e. The molecule has 3 rings (SSSR count). The highest BCUT2D eigenvalue weighted by Gasteiger charge is 2.21. The molecule has 0 fully saturated rings. The molecular formula is C18H9Cl5N2O6. The lowest BCUT2D eigenvalue weighted by atomic mass is 10.2. The van der Waals surface area contributed by atoms with Crippen molar-refractivity contribution >= 4 is 75.3 Å². The van der Waals surface area contributed by atoms with Gasteiger partial charge in [-0.3, -0.25) is 14.9 Å². The Morgan fingerprint density at radius 1 is 1.03 bits per heavy atom. The number of nitrogens with one attached hydrogen (secondary N) is 1. The molecule has 1 amide bonds. The number of nitrogens with zero attached hydrogens (tertiary/aromatic N) is 1. The zero-order valence-corrected chi connectivity index (χ0v) is 18.7. The number of amides is 1. The van der Waals surface area contributed by atoms with E-state index in [1.54, 1.807) is 0 Å². The van der Waals surface area contributed by atoms with Gasteiger partial charge in [-0.05, 0) is 18.2 Å². The number of ether oxygens (including phenoxy) is 1. The first-order valence-corrected chi connectivity index (χ1v) is 10.0. The zero-order valence-electron chi connectivity index (χ0n) is 14.9. The quantitative estimate of drug-likeness (QED) is 0.118. The van der Waals surface area contributed by atoms with Gasteiger partial charge in [-0.1, -0.05) is 58.0 Å². The number of non-ortho nitro benzene ring substituents is 1. The lowest BCUT2D eigenvalue weighted by Gasteiger charge is -2.12. The third-order valence-corrected chi connectivity index (χ3v) is 6.09. The normalized spacial score (nSPS) is 10.7. The third kappa shape index (κ3) is 4.94. The number of hydrogen-bond acceptors (Lipinski definition) is 6. The molecule has 0 unspecified atom stereocenters. The fourth-order valence-electron chi connectivity index (χ4n) is 2.35. The SMILES string of the molecule is O=C(Nc1cc([N+](=O)[O-])ccc1O)c1ccc(COc2c(Cl)c(Cl)c(Cl)c(Cl)c2Cl)o1. The second-order valence-electron chi connectivity index (χ2n) is 5.87. The molecule has 0 saturated heterocycles. The Labute approximate surface area is 199 Å². The van der Waals surface area contributed by atoms with E-state index in [-0.39, 0.29) is 66.1 Å². The van der Waals surface area contributed by atoms with Gasteiger partial charge in [0.1, 0.15) is 28.2 Å². The number of carbonyl (C=O) groups is 1. The van der Waals surface area contributed by atoms with Crippen LogP contribution < -0.4 is 10.1 Å². The van der Waals surface area contributed by atoms with Crippen molar-refractivity contribution < 1.29 is 24.0 Å². The van der Waals surface area contributed by atoms with Crippen molar-refractivity contribution in [1.82, 2.24) is 0 Å². The third-order valence-electron chi connectivity index (χ3n) is 3.85. The molecule has 162 valence electrons.